The summed E-state index contributed by atoms with van der Waals surface area (Å²) in [5, 5.41) is 8.22. The molecule has 1 rings (SSSR count). The van der Waals surface area contributed by atoms with E-state index < -0.39 is 0 Å². The molecule has 0 spiro atoms. The van der Waals surface area contributed by atoms with Gasteiger partial charge in [0, 0.05) is 6.42 Å². The summed E-state index contributed by atoms with van der Waals surface area (Å²) in [7, 11) is 0. The summed E-state index contributed by atoms with van der Waals surface area (Å²) in [6.45, 7) is 0. The predicted molar refractivity (Wildman–Crippen MR) is 36.8 cm³/mol. The van der Waals surface area contributed by atoms with Crippen molar-refractivity contribution in [3.63, 3.8) is 0 Å². The molecule has 1 aliphatic carbocycles. The summed E-state index contributed by atoms with van der Waals surface area (Å²) in [5.41, 5.74) is 0. The van der Waals surface area contributed by atoms with Gasteiger partial charge in [-0.15, -0.1) is 0 Å². The lowest BCUT2D eigenvalue weighted by atomic mass is 9.82. The fourth-order valence-electron chi connectivity index (χ4n) is 1.25. The summed E-state index contributed by atoms with van der Waals surface area (Å²) >= 11 is 0. The number of unbranched alkanes of at least 4 members (excludes halogenated alkanes) is 1. The topological polar surface area (TPSA) is 23.8 Å². The highest BCUT2D eigenvalue weighted by atomic mass is 14.2. The van der Waals surface area contributed by atoms with Crippen molar-refractivity contribution in [1.82, 2.24) is 0 Å². The molecule has 1 fully saturated rings. The maximum Gasteiger partial charge on any atom is 0.0621 e. The second kappa shape index (κ2) is 3.50. The summed E-state index contributed by atoms with van der Waals surface area (Å²) in [4.78, 5) is 0. The predicted octanol–water partition coefficient (Wildman–Crippen LogP) is 2.48. The van der Waals surface area contributed by atoms with Gasteiger partial charge in [0.2, 0.25) is 0 Å². The Morgan fingerprint density at radius 2 is 2.22 bits per heavy atom. The van der Waals surface area contributed by atoms with Crippen LogP contribution in [-0.2, 0) is 0 Å². The lowest BCUT2D eigenvalue weighted by Gasteiger charge is -2.24. The minimum absolute atomic E-state index is 0.760. The van der Waals surface area contributed by atoms with Crippen LogP contribution in [0.5, 0.6) is 0 Å². The second-order valence-electron chi connectivity index (χ2n) is 2.85. The largest absolute Gasteiger partial charge is 0.198 e. The van der Waals surface area contributed by atoms with Gasteiger partial charge in [0.25, 0.3) is 0 Å². The van der Waals surface area contributed by atoms with Crippen LogP contribution in [0.2, 0.25) is 0 Å². The van der Waals surface area contributed by atoms with Gasteiger partial charge in [-0.3, -0.25) is 0 Å². The van der Waals surface area contributed by atoms with Crippen molar-refractivity contribution in [3.8, 4) is 6.07 Å². The molecule has 0 aromatic carbocycles. The molecule has 0 heterocycles. The molecule has 9 heavy (non-hydrogen) atoms. The molecule has 1 saturated carbocycles. The summed E-state index contributed by atoms with van der Waals surface area (Å²) < 4.78 is 0. The molecule has 0 radical (unpaired) electrons. The molecular weight excluding hydrogens is 110 g/mol. The van der Waals surface area contributed by atoms with Crippen LogP contribution in [0.4, 0.5) is 0 Å². The third kappa shape index (κ3) is 2.05. The molecule has 0 atom stereocenters. The Bertz CT molecular complexity index is 108. The van der Waals surface area contributed by atoms with Crippen LogP contribution in [0.3, 0.4) is 0 Å². The third-order valence-electron chi connectivity index (χ3n) is 2.13. The second-order valence-corrected chi connectivity index (χ2v) is 2.85. The van der Waals surface area contributed by atoms with Gasteiger partial charge >= 0.3 is 0 Å². The number of hydrogen-bond acceptors (Lipinski definition) is 1. The van der Waals surface area contributed by atoms with Crippen molar-refractivity contribution in [3.05, 3.63) is 0 Å². The van der Waals surface area contributed by atoms with E-state index in [1.165, 1.54) is 25.7 Å². The number of nitriles is 1. The molecule has 0 saturated heterocycles. The van der Waals surface area contributed by atoms with E-state index >= 15 is 0 Å². The first-order chi connectivity index (χ1) is 4.43. The van der Waals surface area contributed by atoms with Crippen LogP contribution < -0.4 is 0 Å². The van der Waals surface area contributed by atoms with Gasteiger partial charge in [-0.25, -0.2) is 0 Å². The van der Waals surface area contributed by atoms with E-state index in [9.17, 15) is 0 Å². The minimum Gasteiger partial charge on any atom is -0.198 e. The summed E-state index contributed by atoms with van der Waals surface area (Å²) in [6.07, 6.45) is 7.46. The Kier molecular flexibility index (Phi) is 2.57. The van der Waals surface area contributed by atoms with Crippen LogP contribution in [-0.4, -0.2) is 0 Å². The van der Waals surface area contributed by atoms with Gasteiger partial charge in [0.05, 0.1) is 6.07 Å². The molecule has 0 amide bonds. The molecule has 0 aromatic heterocycles. The van der Waals surface area contributed by atoms with Gasteiger partial charge in [-0.05, 0) is 18.8 Å². The van der Waals surface area contributed by atoms with E-state index in [4.69, 9.17) is 5.26 Å². The molecule has 0 aliphatic heterocycles. The lowest BCUT2D eigenvalue weighted by Crippen LogP contribution is -2.09. The average Bonchev–Trinajstić information content (AvgIpc) is 1.76. The number of nitrogens with zero attached hydrogens (tertiary/aromatic N) is 1. The molecule has 0 bridgehead atoms. The molecule has 0 aromatic rings. The van der Waals surface area contributed by atoms with Crippen molar-refractivity contribution in [2.75, 3.05) is 0 Å². The Morgan fingerprint density at radius 1 is 1.44 bits per heavy atom. The normalized spacial score (nSPS) is 18.6. The molecule has 0 N–H and O–H groups in total. The zero-order valence-corrected chi connectivity index (χ0v) is 5.77. The highest BCUT2D eigenvalue weighted by Gasteiger charge is 2.15. The van der Waals surface area contributed by atoms with Gasteiger partial charge in [0.15, 0.2) is 0 Å². The van der Waals surface area contributed by atoms with Crippen LogP contribution in [0.1, 0.15) is 38.5 Å². The van der Waals surface area contributed by atoms with Gasteiger partial charge in [-0.1, -0.05) is 19.3 Å². The SMILES string of the molecule is N#CCCCC1CCC1. The molecule has 1 nitrogen and oxygen atoms in total. The fraction of sp³-hybridized carbons (Fsp3) is 0.875. The molecule has 1 aliphatic rings. The first kappa shape index (κ1) is 6.61. The number of rotatable bonds is 3. The van der Waals surface area contributed by atoms with Crippen LogP contribution in [0.25, 0.3) is 0 Å². The van der Waals surface area contributed by atoms with Crippen molar-refractivity contribution < 1.29 is 0 Å². The van der Waals surface area contributed by atoms with Crippen molar-refractivity contribution in [1.29, 1.82) is 5.26 Å². The van der Waals surface area contributed by atoms with Crippen LogP contribution in [0.15, 0.2) is 0 Å². The van der Waals surface area contributed by atoms with Crippen molar-refractivity contribution in [2.24, 2.45) is 5.92 Å². The highest BCUT2D eigenvalue weighted by molar-refractivity contribution is 4.73. The first-order valence-corrected chi connectivity index (χ1v) is 3.80. The summed E-state index contributed by atoms with van der Waals surface area (Å²) in [6, 6.07) is 2.17. The Balaban J connectivity index is 1.87. The van der Waals surface area contributed by atoms with E-state index in [0.717, 1.165) is 18.8 Å². The van der Waals surface area contributed by atoms with E-state index in [-0.39, 0.29) is 0 Å². The maximum atomic E-state index is 8.22. The molecular formula is C8H13N. The van der Waals surface area contributed by atoms with E-state index in [1.807, 2.05) is 0 Å². The quantitative estimate of drug-likeness (QED) is 0.529. The summed E-state index contributed by atoms with van der Waals surface area (Å²) in [5.74, 6) is 0.985. The van der Waals surface area contributed by atoms with Crippen LogP contribution in [0, 0.1) is 17.2 Å². The van der Waals surface area contributed by atoms with E-state index in [2.05, 4.69) is 6.07 Å². The van der Waals surface area contributed by atoms with Crippen LogP contribution >= 0.6 is 0 Å². The van der Waals surface area contributed by atoms with Crippen molar-refractivity contribution in [2.45, 2.75) is 38.5 Å². The zero-order chi connectivity index (χ0) is 6.53. The maximum absolute atomic E-state index is 8.22. The van der Waals surface area contributed by atoms with Gasteiger partial charge in [-0.2, -0.15) is 5.26 Å². The smallest absolute Gasteiger partial charge is 0.0621 e. The Labute approximate surface area is 56.7 Å². The third-order valence-corrected chi connectivity index (χ3v) is 2.13. The average molecular weight is 123 g/mol. The monoisotopic (exact) mass is 123 g/mol. The molecule has 0 unspecified atom stereocenters. The molecule has 1 heteroatoms. The van der Waals surface area contributed by atoms with E-state index in [1.54, 1.807) is 0 Å². The molecule has 50 valence electrons. The van der Waals surface area contributed by atoms with E-state index in [0.29, 0.717) is 0 Å². The van der Waals surface area contributed by atoms with Gasteiger partial charge < -0.3 is 0 Å². The highest BCUT2D eigenvalue weighted by Crippen LogP contribution is 2.30. The lowest BCUT2D eigenvalue weighted by molar-refractivity contribution is 0.291. The minimum atomic E-state index is 0.760. The Morgan fingerprint density at radius 3 is 2.67 bits per heavy atom. The fourth-order valence-corrected chi connectivity index (χ4v) is 1.25. The first-order valence-electron chi connectivity index (χ1n) is 3.80. The van der Waals surface area contributed by atoms with Gasteiger partial charge in [0.1, 0.15) is 0 Å². The Hall–Kier alpha value is -0.510. The van der Waals surface area contributed by atoms with Crippen molar-refractivity contribution >= 4 is 0 Å². The zero-order valence-electron chi connectivity index (χ0n) is 5.77. The standard InChI is InChI=1S/C8H13N/c9-7-2-1-4-8-5-3-6-8/h8H,1-6H2. The number of hydrogen-bond donors (Lipinski definition) is 0.